The Balaban J connectivity index is 0.000000285. The van der Waals surface area contributed by atoms with Crippen LogP contribution in [0, 0.1) is 18.6 Å². The molecule has 3 aromatic carbocycles. The van der Waals surface area contributed by atoms with Crippen LogP contribution in [-0.4, -0.2) is 11.0 Å². The number of nitrogens with one attached hydrogen (secondary N) is 2. The van der Waals surface area contributed by atoms with Crippen LogP contribution in [0.5, 0.6) is 0 Å². The molecule has 0 bridgehead atoms. The van der Waals surface area contributed by atoms with E-state index in [-0.39, 0.29) is 24.2 Å². The molecule has 212 valence electrons. The summed E-state index contributed by atoms with van der Waals surface area (Å²) in [5.74, 6) is -2.62. The Labute approximate surface area is 223 Å². The van der Waals surface area contributed by atoms with Gasteiger partial charge in [0.15, 0.2) is 0 Å². The molecule has 0 saturated heterocycles. The molecule has 0 aliphatic rings. The van der Waals surface area contributed by atoms with Crippen LogP contribution in [0.3, 0.4) is 0 Å². The summed E-state index contributed by atoms with van der Waals surface area (Å²) in [4.78, 5) is 16.3. The molecule has 5 nitrogen and oxygen atoms in total. The molecule has 0 aliphatic heterocycles. The summed E-state index contributed by atoms with van der Waals surface area (Å²) < 4.78 is 100. The molecule has 0 aliphatic carbocycles. The summed E-state index contributed by atoms with van der Waals surface area (Å²) >= 11 is 0. The van der Waals surface area contributed by atoms with E-state index in [0.29, 0.717) is 11.8 Å². The summed E-state index contributed by atoms with van der Waals surface area (Å²) in [5.41, 5.74) is 4.21. The lowest BCUT2D eigenvalue weighted by Gasteiger charge is -2.12. The number of aryl methyl sites for hydroxylation is 1. The van der Waals surface area contributed by atoms with Gasteiger partial charge in [0.1, 0.15) is 11.6 Å². The van der Waals surface area contributed by atoms with Gasteiger partial charge in [-0.3, -0.25) is 4.98 Å². The van der Waals surface area contributed by atoms with E-state index in [1.54, 1.807) is 18.3 Å². The van der Waals surface area contributed by atoms with E-state index < -0.39 is 41.1 Å². The minimum atomic E-state index is -4.79. The quantitative estimate of drug-likeness (QED) is 0.225. The fourth-order valence-corrected chi connectivity index (χ4v) is 3.55. The van der Waals surface area contributed by atoms with E-state index in [4.69, 9.17) is 5.73 Å². The van der Waals surface area contributed by atoms with E-state index >= 15 is 0 Å². The highest BCUT2D eigenvalue weighted by atomic mass is 19.4. The van der Waals surface area contributed by atoms with Gasteiger partial charge in [-0.05, 0) is 54.4 Å². The summed E-state index contributed by atoms with van der Waals surface area (Å²) in [6.07, 6.45) is -7.77. The third-order valence-electron chi connectivity index (χ3n) is 5.51. The van der Waals surface area contributed by atoms with Gasteiger partial charge < -0.3 is 16.4 Å². The molecule has 1 heterocycles. The van der Waals surface area contributed by atoms with Crippen molar-refractivity contribution in [2.75, 3.05) is 5.32 Å². The van der Waals surface area contributed by atoms with Gasteiger partial charge >= 0.3 is 18.4 Å². The van der Waals surface area contributed by atoms with Crippen LogP contribution in [0.15, 0.2) is 66.9 Å². The molecule has 2 amide bonds. The van der Waals surface area contributed by atoms with E-state index in [0.717, 1.165) is 34.7 Å². The Morgan fingerprint density at radius 2 is 1.43 bits per heavy atom. The van der Waals surface area contributed by atoms with Crippen molar-refractivity contribution < 1.29 is 39.9 Å². The molecule has 0 radical (unpaired) electrons. The number of hydrogen-bond acceptors (Lipinski definition) is 3. The molecule has 0 unspecified atom stereocenters. The van der Waals surface area contributed by atoms with Gasteiger partial charge in [-0.2, -0.15) is 26.3 Å². The highest BCUT2D eigenvalue weighted by Gasteiger charge is 2.34. The van der Waals surface area contributed by atoms with Crippen molar-refractivity contribution in [3.8, 4) is 0 Å². The molecule has 0 atom stereocenters. The normalized spacial score (nSPS) is 11.6. The molecule has 4 aromatic rings. The number of nitrogens with two attached hydrogens (primary N) is 1. The van der Waals surface area contributed by atoms with Gasteiger partial charge in [-0.1, -0.05) is 24.3 Å². The van der Waals surface area contributed by atoms with Crippen molar-refractivity contribution >= 4 is 22.5 Å². The zero-order valence-corrected chi connectivity index (χ0v) is 20.7. The lowest BCUT2D eigenvalue weighted by Crippen LogP contribution is -2.28. The molecular formula is C27H22F8N4O. The Hall–Kier alpha value is -4.26. The van der Waals surface area contributed by atoms with Crippen LogP contribution in [0.1, 0.15) is 27.9 Å². The highest BCUT2D eigenvalue weighted by Crippen LogP contribution is 2.33. The summed E-state index contributed by atoms with van der Waals surface area (Å²) in [6, 6.07) is 11.9. The number of carbonyl (C=O) groups is 1. The first-order chi connectivity index (χ1) is 18.7. The van der Waals surface area contributed by atoms with E-state index in [1.165, 1.54) is 12.1 Å². The van der Waals surface area contributed by atoms with Crippen LogP contribution < -0.4 is 16.4 Å². The number of urea groups is 1. The molecule has 4 N–H and O–H groups in total. The van der Waals surface area contributed by atoms with Crippen molar-refractivity contribution in [3.05, 3.63) is 106 Å². The average molecular weight is 570 g/mol. The second-order valence-electron chi connectivity index (χ2n) is 8.49. The van der Waals surface area contributed by atoms with Gasteiger partial charge in [0.05, 0.1) is 16.8 Å². The van der Waals surface area contributed by atoms with Gasteiger partial charge in [0, 0.05) is 35.8 Å². The number of pyridine rings is 1. The first-order valence-corrected chi connectivity index (χ1v) is 11.5. The van der Waals surface area contributed by atoms with Crippen LogP contribution >= 0.6 is 0 Å². The number of carbonyl (C=O) groups excluding carboxylic acids is 1. The first-order valence-electron chi connectivity index (χ1n) is 11.5. The zero-order valence-electron chi connectivity index (χ0n) is 20.7. The SMILES string of the molecule is Cc1cc2c(NC(=O)NCc3ccc(F)c(C(F)(F)F)c3)cccc2cn1.NCc1ccc(F)c(C(F)(F)F)c1. The Morgan fingerprint density at radius 3 is 2.00 bits per heavy atom. The van der Waals surface area contributed by atoms with Crippen molar-refractivity contribution in [2.24, 2.45) is 5.73 Å². The smallest absolute Gasteiger partial charge is 0.334 e. The molecule has 0 spiro atoms. The molecule has 13 heteroatoms. The number of fused-ring (bicyclic) bond motifs is 1. The monoisotopic (exact) mass is 570 g/mol. The van der Waals surface area contributed by atoms with Crippen molar-refractivity contribution in [1.29, 1.82) is 0 Å². The van der Waals surface area contributed by atoms with Crippen molar-refractivity contribution in [1.82, 2.24) is 10.3 Å². The highest BCUT2D eigenvalue weighted by molar-refractivity contribution is 6.01. The van der Waals surface area contributed by atoms with Crippen LogP contribution in [0.4, 0.5) is 45.6 Å². The predicted octanol–water partition coefficient (Wildman–Crippen LogP) is 7.33. The number of benzene rings is 3. The largest absolute Gasteiger partial charge is 0.419 e. The fraction of sp³-hybridized carbons (Fsp3) is 0.185. The topological polar surface area (TPSA) is 80.0 Å². The van der Waals surface area contributed by atoms with Crippen LogP contribution in [-0.2, 0) is 25.4 Å². The van der Waals surface area contributed by atoms with Gasteiger partial charge in [-0.15, -0.1) is 0 Å². The molecule has 4 rings (SSSR count). The number of aromatic nitrogens is 1. The standard InChI is InChI=1S/C19H15F4N3O.C8H7F4N/c1-11-7-14-13(10-24-11)3-2-4-17(14)26-18(27)25-9-12-5-6-16(20)15(8-12)19(21,22)23;9-7-2-1-5(4-13)3-6(7)8(10,11)12/h2-8,10H,9H2,1H3,(H2,25,26,27);1-3H,4,13H2. The van der Waals surface area contributed by atoms with E-state index in [1.807, 2.05) is 19.1 Å². The Bertz CT molecular complexity index is 1500. The summed E-state index contributed by atoms with van der Waals surface area (Å²) in [5, 5.41) is 6.77. The third kappa shape index (κ3) is 7.88. The summed E-state index contributed by atoms with van der Waals surface area (Å²) in [7, 11) is 0. The summed E-state index contributed by atoms with van der Waals surface area (Å²) in [6.45, 7) is 1.60. The van der Waals surface area contributed by atoms with E-state index in [9.17, 15) is 39.9 Å². The predicted molar refractivity (Wildman–Crippen MR) is 133 cm³/mol. The third-order valence-corrected chi connectivity index (χ3v) is 5.51. The van der Waals surface area contributed by atoms with Gasteiger partial charge in [0.25, 0.3) is 0 Å². The number of hydrogen-bond donors (Lipinski definition) is 3. The number of alkyl halides is 6. The maximum Gasteiger partial charge on any atom is 0.419 e. The molecule has 0 saturated carbocycles. The Kier molecular flexibility index (Phi) is 9.30. The number of anilines is 1. The fourth-order valence-electron chi connectivity index (χ4n) is 3.55. The number of amides is 2. The van der Waals surface area contributed by atoms with Crippen LogP contribution in [0.25, 0.3) is 10.8 Å². The molecular weight excluding hydrogens is 548 g/mol. The number of halogens is 8. The second kappa shape index (κ2) is 12.3. The first kappa shape index (κ1) is 30.3. The molecule has 1 aromatic heterocycles. The molecule has 0 fully saturated rings. The van der Waals surface area contributed by atoms with Crippen molar-refractivity contribution in [2.45, 2.75) is 32.4 Å². The number of nitrogens with zero attached hydrogens (tertiary/aromatic N) is 1. The maximum atomic E-state index is 13.3. The lowest BCUT2D eigenvalue weighted by atomic mass is 10.1. The van der Waals surface area contributed by atoms with Crippen LogP contribution in [0.2, 0.25) is 0 Å². The zero-order chi connectivity index (χ0) is 29.7. The maximum absolute atomic E-state index is 13.3. The van der Waals surface area contributed by atoms with Crippen molar-refractivity contribution in [3.63, 3.8) is 0 Å². The minimum Gasteiger partial charge on any atom is -0.334 e. The second-order valence-corrected chi connectivity index (χ2v) is 8.49. The lowest BCUT2D eigenvalue weighted by molar-refractivity contribution is -0.140. The minimum absolute atomic E-state index is 0.0383. The Morgan fingerprint density at radius 1 is 0.850 bits per heavy atom. The number of rotatable bonds is 4. The van der Waals surface area contributed by atoms with Gasteiger partial charge in [-0.25, -0.2) is 13.6 Å². The van der Waals surface area contributed by atoms with E-state index in [2.05, 4.69) is 15.6 Å². The molecule has 40 heavy (non-hydrogen) atoms. The average Bonchev–Trinajstić information content (AvgIpc) is 2.88. The van der Waals surface area contributed by atoms with Gasteiger partial charge in [0.2, 0.25) is 0 Å².